The summed E-state index contributed by atoms with van der Waals surface area (Å²) < 4.78 is 5.98. The number of thiazole rings is 1. The summed E-state index contributed by atoms with van der Waals surface area (Å²) in [7, 11) is 0.0529. The Balaban J connectivity index is 2.67. The first-order valence-electron chi connectivity index (χ1n) is 3.99. The van der Waals surface area contributed by atoms with Gasteiger partial charge >= 0.3 is 7.12 Å². The Morgan fingerprint density at radius 1 is 1.43 bits per heavy atom. The number of benzene rings is 1. The van der Waals surface area contributed by atoms with E-state index in [2.05, 4.69) is 4.98 Å². The lowest BCUT2D eigenvalue weighted by Gasteiger charge is -2.04. The fourth-order valence-corrected chi connectivity index (χ4v) is 2.00. The molecule has 0 saturated carbocycles. The van der Waals surface area contributed by atoms with E-state index in [1.807, 2.05) is 0 Å². The molecule has 0 aliphatic heterocycles. The predicted octanol–water partition coefficient (Wildman–Crippen LogP) is -0.0153. The maximum Gasteiger partial charge on any atom is 0.488 e. The molecule has 0 spiro atoms. The lowest BCUT2D eigenvalue weighted by Crippen LogP contribution is -2.29. The fraction of sp³-hybridized carbons (Fsp3) is 0.125. The highest BCUT2D eigenvalue weighted by Gasteiger charge is 2.15. The minimum absolute atomic E-state index is 0.415. The first-order chi connectivity index (χ1) is 6.72. The van der Waals surface area contributed by atoms with Crippen LogP contribution in [-0.2, 0) is 0 Å². The van der Waals surface area contributed by atoms with E-state index in [0.717, 1.165) is 10.2 Å². The maximum absolute atomic E-state index is 9.02. The summed E-state index contributed by atoms with van der Waals surface area (Å²) in [6.07, 6.45) is 0. The van der Waals surface area contributed by atoms with Crippen LogP contribution in [0.3, 0.4) is 0 Å². The minimum atomic E-state index is -1.48. The van der Waals surface area contributed by atoms with Gasteiger partial charge < -0.3 is 14.8 Å². The van der Waals surface area contributed by atoms with Crippen LogP contribution in [0.5, 0.6) is 5.75 Å². The molecule has 6 heteroatoms. The quantitative estimate of drug-likeness (QED) is 0.682. The molecule has 4 nitrogen and oxygen atoms in total. The predicted molar refractivity (Wildman–Crippen MR) is 56.0 cm³/mol. The van der Waals surface area contributed by atoms with Gasteiger partial charge in [0, 0.05) is 0 Å². The maximum atomic E-state index is 9.02. The van der Waals surface area contributed by atoms with Gasteiger partial charge in [-0.2, -0.15) is 0 Å². The number of fused-ring (bicyclic) bond motifs is 1. The lowest BCUT2D eigenvalue weighted by atomic mass is 9.80. The van der Waals surface area contributed by atoms with Gasteiger partial charge in [0.2, 0.25) is 0 Å². The van der Waals surface area contributed by atoms with Crippen molar-refractivity contribution < 1.29 is 14.8 Å². The number of rotatable bonds is 2. The van der Waals surface area contributed by atoms with Gasteiger partial charge in [0.05, 0.1) is 17.3 Å². The summed E-state index contributed by atoms with van der Waals surface area (Å²) in [5, 5.41) is 18.0. The van der Waals surface area contributed by atoms with Gasteiger partial charge in [-0.15, -0.1) is 11.3 Å². The van der Waals surface area contributed by atoms with E-state index in [1.165, 1.54) is 18.4 Å². The number of aromatic nitrogens is 1. The first-order valence-corrected chi connectivity index (χ1v) is 4.87. The second kappa shape index (κ2) is 3.57. The van der Waals surface area contributed by atoms with Crippen molar-refractivity contribution >= 4 is 34.1 Å². The molecule has 14 heavy (non-hydrogen) atoms. The molecule has 0 amide bonds. The average molecular weight is 209 g/mol. The summed E-state index contributed by atoms with van der Waals surface area (Å²) in [4.78, 5) is 4.12. The van der Waals surface area contributed by atoms with Gasteiger partial charge in [0.15, 0.2) is 0 Å². The van der Waals surface area contributed by atoms with Gasteiger partial charge in [-0.1, -0.05) is 0 Å². The van der Waals surface area contributed by atoms with E-state index < -0.39 is 7.12 Å². The monoisotopic (exact) mass is 209 g/mol. The third-order valence-electron chi connectivity index (χ3n) is 1.94. The van der Waals surface area contributed by atoms with Crippen molar-refractivity contribution in [3.05, 3.63) is 17.6 Å². The van der Waals surface area contributed by atoms with Gasteiger partial charge in [0.25, 0.3) is 0 Å². The molecule has 1 aromatic heterocycles. The Bertz CT molecular complexity index is 457. The third kappa shape index (κ3) is 1.47. The number of ether oxygens (including phenoxy) is 1. The molecular weight excluding hydrogens is 201 g/mol. The molecule has 1 heterocycles. The van der Waals surface area contributed by atoms with E-state index in [0.29, 0.717) is 11.2 Å². The van der Waals surface area contributed by atoms with Gasteiger partial charge in [-0.3, -0.25) is 0 Å². The van der Waals surface area contributed by atoms with Crippen molar-refractivity contribution in [2.24, 2.45) is 0 Å². The molecule has 0 saturated heterocycles. The summed E-state index contributed by atoms with van der Waals surface area (Å²) in [5.74, 6) is 0.562. The molecule has 0 bridgehead atoms. The van der Waals surface area contributed by atoms with Crippen molar-refractivity contribution in [3.63, 3.8) is 0 Å². The van der Waals surface area contributed by atoms with Crippen LogP contribution in [0.2, 0.25) is 0 Å². The SMILES string of the molecule is COc1cc(B(O)O)cc2scnc12. The van der Waals surface area contributed by atoms with Crippen LogP contribution in [0.1, 0.15) is 0 Å². The molecule has 2 aromatic rings. The zero-order valence-corrected chi connectivity index (χ0v) is 8.28. The average Bonchev–Trinajstić information content (AvgIpc) is 2.63. The van der Waals surface area contributed by atoms with E-state index in [9.17, 15) is 0 Å². The molecule has 0 unspecified atom stereocenters. The summed E-state index contributed by atoms with van der Waals surface area (Å²) in [6.45, 7) is 0. The third-order valence-corrected chi connectivity index (χ3v) is 2.72. The molecule has 0 aliphatic carbocycles. The molecule has 0 radical (unpaired) electrons. The molecule has 0 atom stereocenters. The van der Waals surface area contributed by atoms with Gasteiger partial charge in [-0.05, 0) is 17.6 Å². The molecular formula is C8H8BNO3S. The van der Waals surface area contributed by atoms with E-state index >= 15 is 0 Å². The minimum Gasteiger partial charge on any atom is -0.494 e. The Morgan fingerprint density at radius 3 is 2.86 bits per heavy atom. The largest absolute Gasteiger partial charge is 0.494 e. The highest BCUT2D eigenvalue weighted by Crippen LogP contribution is 2.25. The zero-order chi connectivity index (χ0) is 10.1. The molecule has 2 rings (SSSR count). The van der Waals surface area contributed by atoms with Crippen LogP contribution in [0.15, 0.2) is 17.6 Å². The van der Waals surface area contributed by atoms with E-state index in [4.69, 9.17) is 14.8 Å². The van der Waals surface area contributed by atoms with Crippen molar-refractivity contribution in [1.29, 1.82) is 0 Å². The number of methoxy groups -OCH3 is 1. The van der Waals surface area contributed by atoms with Crippen molar-refractivity contribution in [2.45, 2.75) is 0 Å². The van der Waals surface area contributed by atoms with Crippen molar-refractivity contribution in [1.82, 2.24) is 4.98 Å². The van der Waals surface area contributed by atoms with Crippen LogP contribution in [0.25, 0.3) is 10.2 Å². The second-order valence-corrected chi connectivity index (χ2v) is 3.68. The van der Waals surface area contributed by atoms with Crippen LogP contribution in [0.4, 0.5) is 0 Å². The van der Waals surface area contributed by atoms with E-state index in [1.54, 1.807) is 17.6 Å². The molecule has 72 valence electrons. The molecule has 2 N–H and O–H groups in total. The normalized spacial score (nSPS) is 10.5. The molecule has 1 aromatic carbocycles. The highest BCUT2D eigenvalue weighted by atomic mass is 32.1. The van der Waals surface area contributed by atoms with Gasteiger partial charge in [0.1, 0.15) is 11.3 Å². The number of hydrogen-bond acceptors (Lipinski definition) is 5. The van der Waals surface area contributed by atoms with Crippen LogP contribution < -0.4 is 10.2 Å². The Kier molecular flexibility index (Phi) is 2.41. The standard InChI is InChI=1S/C8H8BNO3S/c1-13-6-2-5(9(11)12)3-7-8(6)10-4-14-7/h2-4,11-12H,1H3. The second-order valence-electron chi connectivity index (χ2n) is 2.80. The van der Waals surface area contributed by atoms with E-state index in [-0.39, 0.29) is 0 Å². The first kappa shape index (κ1) is 9.45. The highest BCUT2D eigenvalue weighted by molar-refractivity contribution is 7.16. The Labute approximate surface area is 84.9 Å². The van der Waals surface area contributed by atoms with Crippen molar-refractivity contribution in [3.8, 4) is 5.75 Å². The molecule has 0 fully saturated rings. The van der Waals surface area contributed by atoms with Crippen LogP contribution in [0, 0.1) is 0 Å². The number of hydrogen-bond donors (Lipinski definition) is 2. The summed E-state index contributed by atoms with van der Waals surface area (Å²) in [6, 6.07) is 3.27. The fourth-order valence-electron chi connectivity index (χ4n) is 1.26. The lowest BCUT2D eigenvalue weighted by molar-refractivity contribution is 0.415. The Hall–Kier alpha value is -1.11. The molecule has 0 aliphatic rings. The summed E-state index contributed by atoms with van der Waals surface area (Å²) in [5.41, 5.74) is 2.86. The summed E-state index contributed by atoms with van der Waals surface area (Å²) >= 11 is 1.44. The van der Waals surface area contributed by atoms with Crippen LogP contribution >= 0.6 is 11.3 Å². The van der Waals surface area contributed by atoms with Gasteiger partial charge in [-0.25, -0.2) is 4.98 Å². The zero-order valence-electron chi connectivity index (χ0n) is 7.47. The smallest absolute Gasteiger partial charge is 0.488 e. The number of nitrogens with zero attached hydrogens (tertiary/aromatic N) is 1. The van der Waals surface area contributed by atoms with Crippen LogP contribution in [-0.4, -0.2) is 29.3 Å². The topological polar surface area (TPSA) is 62.6 Å². The Morgan fingerprint density at radius 2 is 2.21 bits per heavy atom. The van der Waals surface area contributed by atoms with Crippen molar-refractivity contribution in [2.75, 3.05) is 7.11 Å².